The molecule has 0 aromatic rings. The summed E-state index contributed by atoms with van der Waals surface area (Å²) < 4.78 is 0. The largest absolute Gasteiger partial charge is 0.379 e. The van der Waals surface area contributed by atoms with Crippen LogP contribution < -0.4 is 0 Å². The average molecular weight is 171 g/mol. The third-order valence-electron chi connectivity index (χ3n) is 2.56. The molecule has 0 radical (unpaired) electrons. The molecule has 2 atom stereocenters. The highest BCUT2D eigenvalue weighted by atomic mass is 16.3. The molecule has 3 heteroatoms. The molecule has 0 aromatic heterocycles. The van der Waals surface area contributed by atoms with E-state index < -0.39 is 6.23 Å². The summed E-state index contributed by atoms with van der Waals surface area (Å²) in [4.78, 5) is 13.0. The minimum absolute atomic E-state index is 0.147. The molecule has 1 saturated heterocycles. The van der Waals surface area contributed by atoms with Crippen molar-refractivity contribution in [1.29, 1.82) is 0 Å². The van der Waals surface area contributed by atoms with E-state index in [2.05, 4.69) is 0 Å². The monoisotopic (exact) mass is 171 g/mol. The number of rotatable bonds is 2. The van der Waals surface area contributed by atoms with Crippen molar-refractivity contribution in [3.8, 4) is 0 Å². The van der Waals surface area contributed by atoms with Gasteiger partial charge in [-0.05, 0) is 26.7 Å². The number of nitrogens with zero attached hydrogens (tertiary/aromatic N) is 1. The standard InChI is InChI=1S/C9H17NO2/c1-7(11)9-4-3-5-10(6-9)8(2)12/h8-9,12H,3-6H2,1-2H3. The van der Waals surface area contributed by atoms with Gasteiger partial charge in [0.05, 0.1) is 0 Å². The van der Waals surface area contributed by atoms with Crippen LogP contribution in [0.2, 0.25) is 0 Å². The van der Waals surface area contributed by atoms with Gasteiger partial charge in [0.2, 0.25) is 0 Å². The van der Waals surface area contributed by atoms with E-state index in [1.54, 1.807) is 13.8 Å². The first-order valence-corrected chi connectivity index (χ1v) is 4.54. The maximum atomic E-state index is 11.1. The Morgan fingerprint density at radius 2 is 2.33 bits per heavy atom. The van der Waals surface area contributed by atoms with Crippen molar-refractivity contribution < 1.29 is 9.90 Å². The molecule has 1 aliphatic rings. The predicted octanol–water partition coefficient (Wildman–Crippen LogP) is 0.626. The first kappa shape index (κ1) is 9.68. The molecule has 0 bridgehead atoms. The summed E-state index contributed by atoms with van der Waals surface area (Å²) in [7, 11) is 0. The van der Waals surface area contributed by atoms with Crippen molar-refractivity contribution >= 4 is 5.78 Å². The van der Waals surface area contributed by atoms with Crippen LogP contribution >= 0.6 is 0 Å². The molecule has 1 aliphatic heterocycles. The summed E-state index contributed by atoms with van der Waals surface area (Å²) in [6, 6.07) is 0. The lowest BCUT2D eigenvalue weighted by Gasteiger charge is -2.33. The van der Waals surface area contributed by atoms with Crippen LogP contribution in [-0.2, 0) is 4.79 Å². The van der Waals surface area contributed by atoms with Crippen LogP contribution in [0.4, 0.5) is 0 Å². The van der Waals surface area contributed by atoms with E-state index in [0.717, 1.165) is 25.9 Å². The molecule has 1 rings (SSSR count). The van der Waals surface area contributed by atoms with Crippen molar-refractivity contribution in [3.63, 3.8) is 0 Å². The quantitative estimate of drug-likeness (QED) is 0.662. The van der Waals surface area contributed by atoms with E-state index in [0.29, 0.717) is 0 Å². The summed E-state index contributed by atoms with van der Waals surface area (Å²) >= 11 is 0. The number of aliphatic hydroxyl groups excluding tert-OH is 1. The molecule has 70 valence electrons. The average Bonchev–Trinajstić information content (AvgIpc) is 2.04. The molecule has 1 N–H and O–H groups in total. The van der Waals surface area contributed by atoms with Crippen LogP contribution in [0, 0.1) is 5.92 Å². The number of ketones is 1. The topological polar surface area (TPSA) is 40.5 Å². The normalized spacial score (nSPS) is 28.4. The van der Waals surface area contributed by atoms with Gasteiger partial charge in [0.25, 0.3) is 0 Å². The Kier molecular flexibility index (Phi) is 3.23. The van der Waals surface area contributed by atoms with E-state index in [4.69, 9.17) is 0 Å². The van der Waals surface area contributed by atoms with Crippen LogP contribution in [0.3, 0.4) is 0 Å². The molecular formula is C9H17NO2. The first-order valence-electron chi connectivity index (χ1n) is 4.54. The Hall–Kier alpha value is -0.410. The lowest BCUT2D eigenvalue weighted by Crippen LogP contribution is -2.42. The fourth-order valence-electron chi connectivity index (χ4n) is 1.68. The van der Waals surface area contributed by atoms with E-state index in [-0.39, 0.29) is 11.7 Å². The lowest BCUT2D eigenvalue weighted by molar-refractivity contribution is -0.123. The smallest absolute Gasteiger partial charge is 0.134 e. The van der Waals surface area contributed by atoms with Crippen molar-refractivity contribution in [2.45, 2.75) is 32.9 Å². The third kappa shape index (κ3) is 2.29. The molecular weight excluding hydrogens is 154 g/mol. The van der Waals surface area contributed by atoms with Gasteiger partial charge in [0, 0.05) is 19.0 Å². The van der Waals surface area contributed by atoms with E-state index in [1.165, 1.54) is 0 Å². The fraction of sp³-hybridized carbons (Fsp3) is 0.889. The Bertz CT molecular complexity index is 168. The predicted molar refractivity (Wildman–Crippen MR) is 46.7 cm³/mol. The van der Waals surface area contributed by atoms with Crippen LogP contribution in [0.15, 0.2) is 0 Å². The summed E-state index contributed by atoms with van der Waals surface area (Å²) in [5.41, 5.74) is 0. The van der Waals surface area contributed by atoms with Crippen molar-refractivity contribution in [3.05, 3.63) is 0 Å². The molecule has 1 heterocycles. The highest BCUT2D eigenvalue weighted by Crippen LogP contribution is 2.18. The van der Waals surface area contributed by atoms with Gasteiger partial charge < -0.3 is 5.11 Å². The van der Waals surface area contributed by atoms with Crippen LogP contribution in [0.1, 0.15) is 26.7 Å². The number of likely N-dealkylation sites (tertiary alicyclic amines) is 1. The zero-order valence-electron chi connectivity index (χ0n) is 7.79. The number of piperidine rings is 1. The second-order valence-corrected chi connectivity index (χ2v) is 3.58. The fourth-order valence-corrected chi connectivity index (χ4v) is 1.68. The van der Waals surface area contributed by atoms with Crippen molar-refractivity contribution in [1.82, 2.24) is 4.90 Å². The minimum Gasteiger partial charge on any atom is -0.379 e. The van der Waals surface area contributed by atoms with Gasteiger partial charge in [0.1, 0.15) is 12.0 Å². The number of carbonyl (C=O) groups is 1. The Morgan fingerprint density at radius 3 is 2.83 bits per heavy atom. The number of Topliss-reactive ketones (excluding diaryl/α,β-unsaturated/α-hetero) is 1. The maximum Gasteiger partial charge on any atom is 0.134 e. The van der Waals surface area contributed by atoms with E-state index in [9.17, 15) is 9.90 Å². The highest BCUT2D eigenvalue weighted by molar-refractivity contribution is 5.78. The Morgan fingerprint density at radius 1 is 1.67 bits per heavy atom. The van der Waals surface area contributed by atoms with E-state index >= 15 is 0 Å². The second kappa shape index (κ2) is 4.01. The van der Waals surface area contributed by atoms with Gasteiger partial charge in [-0.15, -0.1) is 0 Å². The Labute approximate surface area is 73.4 Å². The first-order chi connectivity index (χ1) is 5.61. The van der Waals surface area contributed by atoms with Crippen molar-refractivity contribution in [2.24, 2.45) is 5.92 Å². The zero-order valence-corrected chi connectivity index (χ0v) is 7.79. The molecule has 0 aliphatic carbocycles. The zero-order chi connectivity index (χ0) is 9.14. The molecule has 2 unspecified atom stereocenters. The number of aliphatic hydroxyl groups is 1. The minimum atomic E-state index is -0.410. The van der Waals surface area contributed by atoms with Gasteiger partial charge in [-0.1, -0.05) is 0 Å². The summed E-state index contributed by atoms with van der Waals surface area (Å²) in [6.45, 7) is 5.03. The van der Waals surface area contributed by atoms with Gasteiger partial charge in [-0.25, -0.2) is 0 Å². The highest BCUT2D eigenvalue weighted by Gasteiger charge is 2.24. The number of hydrogen-bond donors (Lipinski definition) is 1. The van der Waals surface area contributed by atoms with E-state index in [1.807, 2.05) is 4.90 Å². The number of carbonyl (C=O) groups excluding carboxylic acids is 1. The van der Waals surface area contributed by atoms with Crippen LogP contribution in [0.5, 0.6) is 0 Å². The molecule has 3 nitrogen and oxygen atoms in total. The summed E-state index contributed by atoms with van der Waals surface area (Å²) in [5, 5.41) is 9.29. The van der Waals surface area contributed by atoms with Crippen LogP contribution in [-0.4, -0.2) is 35.1 Å². The van der Waals surface area contributed by atoms with Gasteiger partial charge in [0.15, 0.2) is 0 Å². The van der Waals surface area contributed by atoms with Crippen LogP contribution in [0.25, 0.3) is 0 Å². The van der Waals surface area contributed by atoms with Gasteiger partial charge in [-0.3, -0.25) is 9.69 Å². The second-order valence-electron chi connectivity index (χ2n) is 3.58. The summed E-state index contributed by atoms with van der Waals surface area (Å²) in [6.07, 6.45) is 1.60. The Balaban J connectivity index is 2.46. The third-order valence-corrected chi connectivity index (χ3v) is 2.56. The molecule has 0 amide bonds. The molecule has 0 spiro atoms. The maximum absolute atomic E-state index is 11.1. The molecule has 0 saturated carbocycles. The SMILES string of the molecule is CC(=O)C1CCCN(C(C)O)C1. The number of hydrogen-bond acceptors (Lipinski definition) is 3. The molecule has 1 fully saturated rings. The summed E-state index contributed by atoms with van der Waals surface area (Å²) in [5.74, 6) is 0.397. The van der Waals surface area contributed by atoms with Gasteiger partial charge in [-0.2, -0.15) is 0 Å². The van der Waals surface area contributed by atoms with Crippen molar-refractivity contribution in [2.75, 3.05) is 13.1 Å². The lowest BCUT2D eigenvalue weighted by atomic mass is 9.94. The molecule has 12 heavy (non-hydrogen) atoms. The van der Waals surface area contributed by atoms with Gasteiger partial charge >= 0.3 is 0 Å². The molecule has 0 aromatic carbocycles.